The van der Waals surface area contributed by atoms with Gasteiger partial charge in [-0.25, -0.2) is 0 Å². The fourth-order valence-electron chi connectivity index (χ4n) is 1.89. The van der Waals surface area contributed by atoms with Crippen LogP contribution in [0.25, 0.3) is 11.6 Å². The van der Waals surface area contributed by atoms with Crippen LogP contribution < -0.4 is 5.32 Å². The van der Waals surface area contributed by atoms with E-state index in [1.54, 1.807) is 0 Å². The highest BCUT2D eigenvalue weighted by atomic mass is 79.9. The number of H-pyrrole nitrogens is 1. The van der Waals surface area contributed by atoms with Crippen molar-refractivity contribution in [3.8, 4) is 0 Å². The first kappa shape index (κ1) is 10.4. The largest absolute Gasteiger partial charge is 0.362 e. The summed E-state index contributed by atoms with van der Waals surface area (Å²) in [6.45, 7) is 0. The molecule has 0 spiro atoms. The van der Waals surface area contributed by atoms with E-state index >= 15 is 0 Å². The van der Waals surface area contributed by atoms with E-state index in [0.717, 1.165) is 21.4 Å². The van der Waals surface area contributed by atoms with Crippen LogP contribution in [0.4, 0.5) is 5.69 Å². The summed E-state index contributed by atoms with van der Waals surface area (Å²) >= 11 is 3.42. The topological polar surface area (TPSA) is 44.9 Å². The van der Waals surface area contributed by atoms with Gasteiger partial charge in [0.1, 0.15) is 0 Å². The van der Waals surface area contributed by atoms with Gasteiger partial charge in [-0.1, -0.05) is 15.9 Å². The quantitative estimate of drug-likeness (QED) is 0.777. The molecule has 3 rings (SSSR count). The molecule has 0 saturated heterocycles. The van der Waals surface area contributed by atoms with Gasteiger partial charge in [-0.05, 0) is 36.4 Å². The lowest BCUT2D eigenvalue weighted by Gasteiger charge is -1.98. The number of aromatic amines is 1. The third kappa shape index (κ3) is 1.80. The molecule has 0 fully saturated rings. The van der Waals surface area contributed by atoms with Crippen LogP contribution in [0.15, 0.2) is 41.0 Å². The van der Waals surface area contributed by atoms with E-state index in [4.69, 9.17) is 0 Å². The number of hydrogen-bond acceptors (Lipinski definition) is 1. The fourth-order valence-corrected chi connectivity index (χ4v) is 2.25. The zero-order valence-corrected chi connectivity index (χ0v) is 10.4. The van der Waals surface area contributed by atoms with Crippen LogP contribution in [-0.4, -0.2) is 10.9 Å². The van der Waals surface area contributed by atoms with E-state index in [1.807, 2.05) is 42.6 Å². The summed E-state index contributed by atoms with van der Waals surface area (Å²) in [5.41, 5.74) is 3.39. The van der Waals surface area contributed by atoms with Gasteiger partial charge in [-0.3, -0.25) is 4.79 Å². The smallest absolute Gasteiger partial charge is 0.256 e. The van der Waals surface area contributed by atoms with Crippen LogP contribution >= 0.6 is 15.9 Å². The number of anilines is 1. The lowest BCUT2D eigenvalue weighted by molar-refractivity contribution is -0.110. The summed E-state index contributed by atoms with van der Waals surface area (Å²) in [6, 6.07) is 9.59. The fraction of sp³-hybridized carbons (Fsp3) is 0. The van der Waals surface area contributed by atoms with Crippen molar-refractivity contribution in [1.82, 2.24) is 4.98 Å². The minimum atomic E-state index is -0.0623. The van der Waals surface area contributed by atoms with Crippen molar-refractivity contribution in [2.24, 2.45) is 0 Å². The monoisotopic (exact) mass is 288 g/mol. The number of benzene rings is 1. The third-order valence-electron chi connectivity index (χ3n) is 2.69. The molecule has 1 aliphatic rings. The van der Waals surface area contributed by atoms with Gasteiger partial charge in [0, 0.05) is 27.6 Å². The highest BCUT2D eigenvalue weighted by Gasteiger charge is 2.23. The number of carbonyl (C=O) groups excluding carboxylic acids is 1. The van der Waals surface area contributed by atoms with Crippen molar-refractivity contribution < 1.29 is 4.79 Å². The van der Waals surface area contributed by atoms with Crippen LogP contribution in [0.5, 0.6) is 0 Å². The Morgan fingerprint density at radius 1 is 1.24 bits per heavy atom. The molecular weight excluding hydrogens is 280 g/mol. The number of aromatic nitrogens is 1. The van der Waals surface area contributed by atoms with E-state index in [1.165, 1.54) is 0 Å². The Kier molecular flexibility index (Phi) is 2.37. The van der Waals surface area contributed by atoms with Crippen LogP contribution in [0, 0.1) is 0 Å². The molecule has 1 amide bonds. The van der Waals surface area contributed by atoms with Crippen molar-refractivity contribution in [2.75, 3.05) is 5.32 Å². The van der Waals surface area contributed by atoms with E-state index < -0.39 is 0 Å². The number of carbonyl (C=O) groups is 1. The molecule has 0 radical (unpaired) electrons. The second-order valence-corrected chi connectivity index (χ2v) is 4.74. The normalized spacial score (nSPS) is 16.1. The molecule has 0 unspecified atom stereocenters. The highest BCUT2D eigenvalue weighted by Crippen LogP contribution is 2.34. The lowest BCUT2D eigenvalue weighted by Crippen LogP contribution is -2.03. The van der Waals surface area contributed by atoms with Crippen LogP contribution in [-0.2, 0) is 4.79 Å². The summed E-state index contributed by atoms with van der Waals surface area (Å²) in [4.78, 5) is 14.9. The Hall–Kier alpha value is -1.81. The summed E-state index contributed by atoms with van der Waals surface area (Å²) in [5.74, 6) is -0.0623. The average molecular weight is 289 g/mol. The average Bonchev–Trinajstić information content (AvgIpc) is 2.90. The van der Waals surface area contributed by atoms with Crippen molar-refractivity contribution in [2.45, 2.75) is 0 Å². The SMILES string of the molecule is O=C1Nc2ccc(Br)cc2/C1=C/c1ccc[nH]1. The number of halogens is 1. The zero-order chi connectivity index (χ0) is 11.8. The molecule has 2 heterocycles. The molecule has 3 nitrogen and oxygen atoms in total. The maximum atomic E-state index is 11.9. The number of rotatable bonds is 1. The number of nitrogens with one attached hydrogen (secondary N) is 2. The Bertz CT molecular complexity index is 614. The van der Waals surface area contributed by atoms with Gasteiger partial charge in [0.2, 0.25) is 0 Å². The lowest BCUT2D eigenvalue weighted by atomic mass is 10.1. The number of fused-ring (bicyclic) bond motifs is 1. The maximum absolute atomic E-state index is 11.9. The van der Waals surface area contributed by atoms with Crippen molar-refractivity contribution in [3.63, 3.8) is 0 Å². The number of hydrogen-bond donors (Lipinski definition) is 2. The molecule has 4 heteroatoms. The second kappa shape index (κ2) is 3.89. The zero-order valence-electron chi connectivity index (χ0n) is 8.83. The predicted molar refractivity (Wildman–Crippen MR) is 71.4 cm³/mol. The van der Waals surface area contributed by atoms with Crippen molar-refractivity contribution >= 4 is 39.2 Å². The molecule has 0 aliphatic carbocycles. The molecule has 1 aromatic heterocycles. The molecule has 2 aromatic rings. The van der Waals surface area contributed by atoms with Gasteiger partial charge in [0.25, 0.3) is 5.91 Å². The number of amides is 1. The molecule has 0 atom stereocenters. The first-order valence-electron chi connectivity index (χ1n) is 5.20. The Balaban J connectivity index is 2.13. The van der Waals surface area contributed by atoms with E-state index in [9.17, 15) is 4.79 Å². The Morgan fingerprint density at radius 3 is 2.88 bits per heavy atom. The van der Waals surface area contributed by atoms with Crippen LogP contribution in [0.2, 0.25) is 0 Å². The third-order valence-corrected chi connectivity index (χ3v) is 3.18. The molecule has 84 valence electrons. The second-order valence-electron chi connectivity index (χ2n) is 3.83. The first-order valence-corrected chi connectivity index (χ1v) is 6.00. The molecular formula is C13H9BrN2O. The summed E-state index contributed by atoms with van der Waals surface area (Å²) in [7, 11) is 0. The molecule has 0 bridgehead atoms. The Morgan fingerprint density at radius 2 is 2.12 bits per heavy atom. The van der Waals surface area contributed by atoms with Crippen molar-refractivity contribution in [3.05, 3.63) is 52.3 Å². The molecule has 17 heavy (non-hydrogen) atoms. The maximum Gasteiger partial charge on any atom is 0.256 e. The molecule has 1 aliphatic heterocycles. The van der Waals surface area contributed by atoms with Crippen LogP contribution in [0.3, 0.4) is 0 Å². The van der Waals surface area contributed by atoms with Gasteiger partial charge < -0.3 is 10.3 Å². The van der Waals surface area contributed by atoms with Gasteiger partial charge in [-0.15, -0.1) is 0 Å². The van der Waals surface area contributed by atoms with Gasteiger partial charge in [-0.2, -0.15) is 0 Å². The summed E-state index contributed by atoms with van der Waals surface area (Å²) < 4.78 is 0.963. The van der Waals surface area contributed by atoms with E-state index in [-0.39, 0.29) is 5.91 Å². The molecule has 2 N–H and O–H groups in total. The summed E-state index contributed by atoms with van der Waals surface area (Å²) in [5, 5.41) is 2.85. The minimum Gasteiger partial charge on any atom is -0.362 e. The van der Waals surface area contributed by atoms with E-state index in [2.05, 4.69) is 26.2 Å². The van der Waals surface area contributed by atoms with Gasteiger partial charge >= 0.3 is 0 Å². The van der Waals surface area contributed by atoms with Gasteiger partial charge in [0.05, 0.1) is 5.57 Å². The standard InChI is InChI=1S/C13H9BrN2O/c14-8-3-4-12-10(6-8)11(13(17)16-12)7-9-2-1-5-15-9/h1-7,15H,(H,16,17)/b11-7-. The first-order chi connectivity index (χ1) is 8.24. The summed E-state index contributed by atoms with van der Waals surface area (Å²) in [6.07, 6.45) is 3.69. The van der Waals surface area contributed by atoms with Crippen molar-refractivity contribution in [1.29, 1.82) is 0 Å². The molecule has 0 saturated carbocycles. The van der Waals surface area contributed by atoms with Gasteiger partial charge in [0.15, 0.2) is 0 Å². The minimum absolute atomic E-state index is 0.0623. The van der Waals surface area contributed by atoms with Crippen LogP contribution in [0.1, 0.15) is 11.3 Å². The highest BCUT2D eigenvalue weighted by molar-refractivity contribution is 9.10. The molecule has 1 aromatic carbocycles. The van der Waals surface area contributed by atoms with E-state index in [0.29, 0.717) is 5.57 Å². The predicted octanol–water partition coefficient (Wildman–Crippen LogP) is 3.27. The Labute approximate surface area is 107 Å².